The van der Waals surface area contributed by atoms with Crippen LogP contribution in [0.4, 0.5) is 10.8 Å². The Morgan fingerprint density at radius 3 is 2.40 bits per heavy atom. The summed E-state index contributed by atoms with van der Waals surface area (Å²) >= 11 is 3.17. The van der Waals surface area contributed by atoms with E-state index in [0.29, 0.717) is 11.1 Å². The monoisotopic (exact) mass is 498 g/mol. The van der Waals surface area contributed by atoms with Gasteiger partial charge in [-0.25, -0.2) is 5.01 Å². The second kappa shape index (κ2) is 10.0. The van der Waals surface area contributed by atoms with Gasteiger partial charge in [-0.1, -0.05) is 77.7 Å². The maximum atomic E-state index is 4.86. The average Bonchev–Trinajstić information content (AvgIpc) is 3.46. The lowest BCUT2D eigenvalue weighted by atomic mass is 10.0. The van der Waals surface area contributed by atoms with E-state index in [1.165, 1.54) is 33.6 Å². The topological polar surface area (TPSA) is 65.8 Å². The standard InChI is InChI=1S/C27H26N6S2/c1-17-13-14-24(15-18(17)2)28-26(29-27-31-30-19(3)35-27)33-25(34-20(4)32-33)23-12-8-11-22(16-23)21-9-6-5-7-10-21/h5-16,25H,1-4H3,(H,28,29,31). The first kappa shape index (κ1) is 23.3. The molecule has 1 unspecified atom stereocenters. The van der Waals surface area contributed by atoms with E-state index >= 15 is 0 Å². The summed E-state index contributed by atoms with van der Waals surface area (Å²) in [6, 6.07) is 25.4. The van der Waals surface area contributed by atoms with Crippen molar-refractivity contribution in [1.29, 1.82) is 0 Å². The van der Waals surface area contributed by atoms with E-state index in [-0.39, 0.29) is 5.37 Å². The summed E-state index contributed by atoms with van der Waals surface area (Å²) in [7, 11) is 0. The highest BCUT2D eigenvalue weighted by atomic mass is 32.2. The number of hydrogen-bond acceptors (Lipinski definition) is 6. The van der Waals surface area contributed by atoms with Gasteiger partial charge in [0.05, 0.1) is 5.04 Å². The lowest BCUT2D eigenvalue weighted by Gasteiger charge is -2.25. The molecule has 0 bridgehead atoms. The van der Waals surface area contributed by atoms with Gasteiger partial charge in [-0.2, -0.15) is 10.1 Å². The van der Waals surface area contributed by atoms with Crippen LogP contribution in [0.5, 0.6) is 0 Å². The number of anilines is 1. The van der Waals surface area contributed by atoms with Gasteiger partial charge >= 0.3 is 0 Å². The number of nitrogens with zero attached hydrogens (tertiary/aromatic N) is 5. The third kappa shape index (κ3) is 5.28. The first-order valence-electron chi connectivity index (χ1n) is 11.4. The third-order valence-corrected chi connectivity index (χ3v) is 7.58. The predicted octanol–water partition coefficient (Wildman–Crippen LogP) is 7.31. The minimum Gasteiger partial charge on any atom is -0.324 e. The Morgan fingerprint density at radius 1 is 0.857 bits per heavy atom. The van der Waals surface area contributed by atoms with Crippen molar-refractivity contribution in [2.75, 3.05) is 5.32 Å². The van der Waals surface area contributed by atoms with Crippen LogP contribution in [0, 0.1) is 20.8 Å². The normalized spacial score (nSPS) is 15.9. The number of aromatic nitrogens is 2. The van der Waals surface area contributed by atoms with Gasteiger partial charge in [0, 0.05) is 5.69 Å². The summed E-state index contributed by atoms with van der Waals surface area (Å²) in [5, 5.41) is 21.1. The molecule has 0 fully saturated rings. The molecule has 1 aliphatic heterocycles. The lowest BCUT2D eigenvalue weighted by molar-refractivity contribution is 0.438. The van der Waals surface area contributed by atoms with Crippen LogP contribution in [-0.4, -0.2) is 26.2 Å². The molecule has 1 aromatic heterocycles. The highest BCUT2D eigenvalue weighted by molar-refractivity contribution is 8.14. The molecule has 0 aliphatic carbocycles. The minimum atomic E-state index is -0.0644. The third-order valence-electron chi connectivity index (χ3n) is 5.73. The van der Waals surface area contributed by atoms with Gasteiger partial charge in [0.25, 0.3) is 0 Å². The molecule has 6 nitrogen and oxygen atoms in total. The molecule has 0 saturated carbocycles. The number of hydrazone groups is 1. The molecule has 0 amide bonds. The molecular formula is C27H26N6S2. The summed E-state index contributed by atoms with van der Waals surface area (Å²) < 4.78 is 0. The van der Waals surface area contributed by atoms with Crippen LogP contribution in [0.1, 0.15) is 34.0 Å². The fraction of sp³-hybridized carbons (Fsp3) is 0.185. The molecule has 1 atom stereocenters. The average molecular weight is 499 g/mol. The van der Waals surface area contributed by atoms with Gasteiger partial charge in [0.1, 0.15) is 10.4 Å². The van der Waals surface area contributed by atoms with Crippen LogP contribution in [-0.2, 0) is 0 Å². The molecule has 35 heavy (non-hydrogen) atoms. The number of guanidine groups is 1. The molecule has 0 saturated heterocycles. The lowest BCUT2D eigenvalue weighted by Crippen LogP contribution is -2.32. The second-order valence-electron chi connectivity index (χ2n) is 8.39. The van der Waals surface area contributed by atoms with Gasteiger partial charge in [-0.05, 0) is 73.7 Å². The molecule has 0 radical (unpaired) electrons. The molecule has 1 aliphatic rings. The Hall–Kier alpha value is -3.49. The predicted molar refractivity (Wildman–Crippen MR) is 148 cm³/mol. The molecule has 3 aromatic carbocycles. The summed E-state index contributed by atoms with van der Waals surface area (Å²) in [5.74, 6) is 0.615. The summed E-state index contributed by atoms with van der Waals surface area (Å²) in [6.07, 6.45) is 0. The van der Waals surface area contributed by atoms with E-state index in [1.54, 1.807) is 11.8 Å². The Kier molecular flexibility index (Phi) is 6.66. The summed E-state index contributed by atoms with van der Waals surface area (Å²) in [5.41, 5.74) is 6.93. The first-order chi connectivity index (χ1) is 17.0. The number of rotatable bonds is 4. The van der Waals surface area contributed by atoms with Gasteiger partial charge in [-0.3, -0.25) is 0 Å². The fourth-order valence-electron chi connectivity index (χ4n) is 3.82. The largest absolute Gasteiger partial charge is 0.324 e. The zero-order valence-electron chi connectivity index (χ0n) is 20.1. The van der Waals surface area contributed by atoms with E-state index < -0.39 is 0 Å². The zero-order chi connectivity index (χ0) is 24.4. The van der Waals surface area contributed by atoms with Crippen molar-refractivity contribution in [2.45, 2.75) is 33.1 Å². The molecule has 1 N–H and O–H groups in total. The van der Waals surface area contributed by atoms with Gasteiger partial charge in [0.15, 0.2) is 0 Å². The molecule has 5 rings (SSSR count). The summed E-state index contributed by atoms with van der Waals surface area (Å²) in [4.78, 5) is 4.86. The number of aryl methyl sites for hydroxylation is 3. The minimum absolute atomic E-state index is 0.0644. The van der Waals surface area contributed by atoms with Crippen molar-refractivity contribution >= 4 is 44.9 Å². The van der Waals surface area contributed by atoms with Crippen LogP contribution in [0.25, 0.3) is 11.1 Å². The molecule has 2 heterocycles. The quantitative estimate of drug-likeness (QED) is 0.236. The zero-order valence-corrected chi connectivity index (χ0v) is 21.7. The Morgan fingerprint density at radius 2 is 1.66 bits per heavy atom. The Labute approximate surface area is 213 Å². The number of thioether (sulfide) groups is 1. The number of aliphatic imine (C=N–C) groups is 1. The van der Waals surface area contributed by atoms with Crippen LogP contribution in [0.15, 0.2) is 82.9 Å². The van der Waals surface area contributed by atoms with Gasteiger partial charge < -0.3 is 5.32 Å². The van der Waals surface area contributed by atoms with E-state index in [1.807, 2.05) is 24.9 Å². The molecule has 8 heteroatoms. The summed E-state index contributed by atoms with van der Waals surface area (Å²) in [6.45, 7) is 8.18. The molecular weight excluding hydrogens is 472 g/mol. The van der Waals surface area contributed by atoms with Crippen LogP contribution in [0.3, 0.4) is 0 Å². The second-order valence-corrected chi connectivity index (χ2v) is 10.8. The van der Waals surface area contributed by atoms with E-state index in [4.69, 9.17) is 10.1 Å². The Balaban J connectivity index is 1.54. The molecule has 0 spiro atoms. The van der Waals surface area contributed by atoms with Crippen molar-refractivity contribution in [1.82, 2.24) is 15.2 Å². The van der Waals surface area contributed by atoms with Crippen LogP contribution >= 0.6 is 23.1 Å². The molecule has 176 valence electrons. The number of benzene rings is 3. The van der Waals surface area contributed by atoms with Crippen molar-refractivity contribution in [2.24, 2.45) is 10.1 Å². The highest BCUT2D eigenvalue weighted by Gasteiger charge is 2.31. The molecule has 4 aromatic rings. The van der Waals surface area contributed by atoms with E-state index in [2.05, 4.69) is 96.1 Å². The van der Waals surface area contributed by atoms with Crippen LogP contribution in [0.2, 0.25) is 0 Å². The van der Waals surface area contributed by atoms with Gasteiger partial charge in [-0.15, -0.1) is 10.2 Å². The van der Waals surface area contributed by atoms with Crippen LogP contribution < -0.4 is 5.32 Å². The maximum Gasteiger partial charge on any atom is 0.234 e. The number of hydrogen-bond donors (Lipinski definition) is 1. The highest BCUT2D eigenvalue weighted by Crippen LogP contribution is 2.41. The maximum absolute atomic E-state index is 4.86. The fourth-order valence-corrected chi connectivity index (χ4v) is 5.36. The number of nitrogens with one attached hydrogen (secondary N) is 1. The SMILES string of the molecule is CC1=NN(/C(=N/c2nnc(C)s2)Nc2ccc(C)c(C)c2)C(c2cccc(-c3ccccc3)c2)S1. The van der Waals surface area contributed by atoms with Gasteiger partial charge in [0.2, 0.25) is 11.1 Å². The van der Waals surface area contributed by atoms with Crippen molar-refractivity contribution in [3.63, 3.8) is 0 Å². The van der Waals surface area contributed by atoms with Crippen molar-refractivity contribution in [3.05, 3.63) is 94.5 Å². The smallest absolute Gasteiger partial charge is 0.234 e. The first-order valence-corrected chi connectivity index (χ1v) is 13.1. The van der Waals surface area contributed by atoms with Crippen molar-refractivity contribution in [3.8, 4) is 11.1 Å². The van der Waals surface area contributed by atoms with E-state index in [9.17, 15) is 0 Å². The van der Waals surface area contributed by atoms with Crippen molar-refractivity contribution < 1.29 is 0 Å². The van der Waals surface area contributed by atoms with E-state index in [0.717, 1.165) is 21.3 Å². The Bertz CT molecular complexity index is 1410.